The quantitative estimate of drug-likeness (QED) is 0.0835. The molecule has 0 saturated carbocycles. The standard InChI is InChI=1S/C46H55BrN4O7/c1-6-10-21-37(53)48-30(5)40(32-19-15-12-16-20-32)57-45(56)38-39-43(54)51(35(29-52)27-31-17-13-11-14-18-31)42(46(39)28-36(47)41(38)58-46)44(55)50(26-7-2)34-24-22-33(23-25-34)49(8-3)9-4/h6-7,11-20,22-25,30,35-36,38-42,52H,1-2,8-10,21,26-29H2,3-5H3,(H,48,53)/t30-,35-,36?,38+,39-,40-,41+,42+,46-/m1/s1. The third-order valence-electron chi connectivity index (χ3n) is 11.8. The number of aliphatic hydroxyl groups is 1. The molecule has 3 heterocycles. The maximum atomic E-state index is 15.4. The van der Waals surface area contributed by atoms with Crippen molar-refractivity contribution >= 4 is 51.0 Å². The van der Waals surface area contributed by atoms with Crippen molar-refractivity contribution in [3.63, 3.8) is 0 Å². The first-order chi connectivity index (χ1) is 28.0. The molecule has 0 aliphatic carbocycles. The average Bonchev–Trinajstić information content (AvgIpc) is 3.84. The number of hydrogen-bond acceptors (Lipinski definition) is 8. The third kappa shape index (κ3) is 8.37. The highest BCUT2D eigenvalue weighted by Crippen LogP contribution is 2.61. The minimum absolute atomic E-state index is 0.146. The van der Waals surface area contributed by atoms with Gasteiger partial charge in [0.25, 0.3) is 5.91 Å². The fourth-order valence-electron chi connectivity index (χ4n) is 9.12. The molecule has 6 rings (SSSR count). The predicted molar refractivity (Wildman–Crippen MR) is 228 cm³/mol. The van der Waals surface area contributed by atoms with Crippen molar-refractivity contribution in [2.24, 2.45) is 11.8 Å². The molecule has 3 aromatic rings. The van der Waals surface area contributed by atoms with Crippen LogP contribution < -0.4 is 15.1 Å². The minimum Gasteiger partial charge on any atom is -0.455 e. The van der Waals surface area contributed by atoms with E-state index < -0.39 is 77.0 Å². The highest BCUT2D eigenvalue weighted by atomic mass is 79.9. The van der Waals surface area contributed by atoms with Crippen molar-refractivity contribution in [1.29, 1.82) is 0 Å². The largest absolute Gasteiger partial charge is 0.455 e. The van der Waals surface area contributed by atoms with Crippen LogP contribution in [0.4, 0.5) is 11.4 Å². The zero-order valence-electron chi connectivity index (χ0n) is 33.5. The molecule has 2 N–H and O–H groups in total. The van der Waals surface area contributed by atoms with Crippen LogP contribution in [0, 0.1) is 11.8 Å². The second-order valence-corrected chi connectivity index (χ2v) is 16.5. The number of likely N-dealkylation sites (tertiary alicyclic amines) is 1. The Hall–Kier alpha value is -4.78. The van der Waals surface area contributed by atoms with Gasteiger partial charge in [0, 0.05) is 42.3 Å². The molecule has 3 aliphatic rings. The number of carbonyl (C=O) groups excluding carboxylic acids is 4. The van der Waals surface area contributed by atoms with Gasteiger partial charge in [-0.05, 0) is 75.4 Å². The molecule has 1 spiro atoms. The minimum atomic E-state index is -1.42. The van der Waals surface area contributed by atoms with Gasteiger partial charge in [-0.1, -0.05) is 88.7 Å². The fraction of sp³-hybridized carbons (Fsp3) is 0.435. The molecule has 0 radical (unpaired) electrons. The van der Waals surface area contributed by atoms with Crippen LogP contribution in [0.25, 0.3) is 0 Å². The smallest absolute Gasteiger partial charge is 0.313 e. The molecule has 2 bridgehead atoms. The van der Waals surface area contributed by atoms with Crippen LogP contribution in [0.1, 0.15) is 57.3 Å². The van der Waals surface area contributed by atoms with Gasteiger partial charge in [0.1, 0.15) is 17.7 Å². The number of halogens is 1. The molecule has 308 valence electrons. The van der Waals surface area contributed by atoms with Gasteiger partial charge in [-0.15, -0.1) is 13.2 Å². The van der Waals surface area contributed by atoms with E-state index >= 15 is 9.59 Å². The second-order valence-electron chi connectivity index (χ2n) is 15.3. The maximum absolute atomic E-state index is 15.4. The van der Waals surface area contributed by atoms with Gasteiger partial charge in [-0.2, -0.15) is 0 Å². The molecule has 11 nitrogen and oxygen atoms in total. The van der Waals surface area contributed by atoms with E-state index in [1.807, 2.05) is 84.9 Å². The monoisotopic (exact) mass is 854 g/mol. The van der Waals surface area contributed by atoms with Gasteiger partial charge in [0.15, 0.2) is 0 Å². The summed E-state index contributed by atoms with van der Waals surface area (Å²) in [5.41, 5.74) is 1.75. The Labute approximate surface area is 350 Å². The number of amides is 3. The topological polar surface area (TPSA) is 129 Å². The van der Waals surface area contributed by atoms with Crippen LogP contribution in [0.3, 0.4) is 0 Å². The Morgan fingerprint density at radius 2 is 1.64 bits per heavy atom. The van der Waals surface area contributed by atoms with Gasteiger partial charge >= 0.3 is 5.97 Å². The lowest BCUT2D eigenvalue weighted by Gasteiger charge is -2.39. The van der Waals surface area contributed by atoms with Gasteiger partial charge in [-0.3, -0.25) is 19.2 Å². The van der Waals surface area contributed by atoms with Crippen molar-refractivity contribution in [1.82, 2.24) is 10.2 Å². The number of aliphatic hydroxyl groups excluding tert-OH is 1. The van der Waals surface area contributed by atoms with Crippen LogP contribution in [0.2, 0.25) is 0 Å². The molecular formula is C46H55BrN4O7. The molecule has 3 aromatic carbocycles. The lowest BCUT2D eigenvalue weighted by atomic mass is 9.70. The molecule has 12 heteroatoms. The number of alkyl halides is 1. The maximum Gasteiger partial charge on any atom is 0.313 e. The molecular weight excluding hydrogens is 800 g/mol. The highest BCUT2D eigenvalue weighted by Gasteiger charge is 2.77. The Balaban J connectivity index is 1.40. The summed E-state index contributed by atoms with van der Waals surface area (Å²) in [5, 5.41) is 14.0. The lowest BCUT2D eigenvalue weighted by Crippen LogP contribution is -2.59. The first kappa shape index (κ1) is 42.8. The van der Waals surface area contributed by atoms with E-state index in [0.29, 0.717) is 17.7 Å². The van der Waals surface area contributed by atoms with Crippen molar-refractivity contribution in [3.8, 4) is 0 Å². The summed E-state index contributed by atoms with van der Waals surface area (Å²) >= 11 is 3.78. The predicted octanol–water partition coefficient (Wildman–Crippen LogP) is 6.16. The van der Waals surface area contributed by atoms with Crippen LogP contribution >= 0.6 is 15.9 Å². The van der Waals surface area contributed by atoms with E-state index in [4.69, 9.17) is 9.47 Å². The summed E-state index contributed by atoms with van der Waals surface area (Å²) in [7, 11) is 0. The van der Waals surface area contributed by atoms with Gasteiger partial charge in [0.2, 0.25) is 11.8 Å². The van der Waals surface area contributed by atoms with Crippen LogP contribution in [-0.2, 0) is 35.1 Å². The Morgan fingerprint density at radius 3 is 2.24 bits per heavy atom. The molecule has 0 aromatic heterocycles. The van der Waals surface area contributed by atoms with E-state index in [0.717, 1.165) is 24.3 Å². The summed E-state index contributed by atoms with van der Waals surface area (Å²) in [4.78, 5) is 63.0. The first-order valence-electron chi connectivity index (χ1n) is 20.2. The number of allylic oxidation sites excluding steroid dienone is 1. The Bertz CT molecular complexity index is 1930. The molecule has 3 amide bonds. The summed E-state index contributed by atoms with van der Waals surface area (Å²) in [6, 6.07) is 23.8. The van der Waals surface area contributed by atoms with Crippen molar-refractivity contribution < 1.29 is 33.8 Å². The summed E-state index contributed by atoms with van der Waals surface area (Å²) in [6.45, 7) is 15.0. The van der Waals surface area contributed by atoms with Crippen molar-refractivity contribution in [2.75, 3.05) is 36.0 Å². The molecule has 9 atom stereocenters. The van der Waals surface area contributed by atoms with Gasteiger partial charge in [0.05, 0.1) is 36.6 Å². The molecule has 58 heavy (non-hydrogen) atoms. The zero-order chi connectivity index (χ0) is 41.6. The number of nitrogens with one attached hydrogen (secondary N) is 1. The van der Waals surface area contributed by atoms with Crippen molar-refractivity contribution in [3.05, 3.63) is 121 Å². The first-order valence-corrected chi connectivity index (χ1v) is 21.2. The van der Waals surface area contributed by atoms with Gasteiger partial charge < -0.3 is 34.6 Å². The number of benzene rings is 3. The summed E-state index contributed by atoms with van der Waals surface area (Å²) < 4.78 is 13.2. The Morgan fingerprint density at radius 1 is 1.00 bits per heavy atom. The van der Waals surface area contributed by atoms with E-state index in [1.54, 1.807) is 24.0 Å². The van der Waals surface area contributed by atoms with Crippen molar-refractivity contribution in [2.45, 2.75) is 87.2 Å². The van der Waals surface area contributed by atoms with E-state index in [9.17, 15) is 14.7 Å². The van der Waals surface area contributed by atoms with E-state index in [2.05, 4.69) is 53.2 Å². The highest BCUT2D eigenvalue weighted by molar-refractivity contribution is 9.09. The van der Waals surface area contributed by atoms with Crippen LogP contribution in [-0.4, -0.2) is 94.6 Å². The lowest BCUT2D eigenvalue weighted by molar-refractivity contribution is -0.162. The summed E-state index contributed by atoms with van der Waals surface area (Å²) in [6.07, 6.45) is 2.91. The number of fused-ring (bicyclic) bond motifs is 1. The fourth-order valence-corrected chi connectivity index (χ4v) is 10.1. The third-order valence-corrected chi connectivity index (χ3v) is 12.7. The molecule has 1 unspecified atom stereocenters. The number of rotatable bonds is 19. The number of nitrogens with zero attached hydrogens (tertiary/aromatic N) is 3. The summed E-state index contributed by atoms with van der Waals surface area (Å²) in [5.74, 6) is -3.89. The normalized spacial score (nSPS) is 24.7. The number of hydrogen-bond donors (Lipinski definition) is 2. The molecule has 3 fully saturated rings. The van der Waals surface area contributed by atoms with E-state index in [1.165, 1.54) is 4.90 Å². The number of ether oxygens (including phenoxy) is 2. The number of esters is 1. The second kappa shape index (κ2) is 18.9. The van der Waals surface area contributed by atoms with Crippen LogP contribution in [0.5, 0.6) is 0 Å². The van der Waals surface area contributed by atoms with Gasteiger partial charge in [-0.25, -0.2) is 0 Å². The molecule has 3 saturated heterocycles. The Kier molecular flexibility index (Phi) is 13.9. The number of carbonyl (C=O) groups is 4. The molecule has 3 aliphatic heterocycles. The SMILES string of the molecule is C=CCCC(=O)N[C@H](C)[C@@H](OC(=O)[C@@H]1[C@H]2O[C@@]3(CC2Br)[C@H](C(=O)N(CC=C)c2ccc(N(CC)CC)cc2)N([C@@H](CO)Cc2ccccc2)C(=O)[C@@H]13)c1ccccc1. The van der Waals surface area contributed by atoms with Crippen LogP contribution in [0.15, 0.2) is 110 Å². The van der Waals surface area contributed by atoms with E-state index in [-0.39, 0.29) is 31.7 Å². The number of anilines is 2. The zero-order valence-corrected chi connectivity index (χ0v) is 35.1. The average molecular weight is 856 g/mol.